The van der Waals surface area contributed by atoms with Crippen molar-refractivity contribution in [2.75, 3.05) is 25.5 Å². The zero-order valence-electron chi connectivity index (χ0n) is 19.1. The van der Waals surface area contributed by atoms with Gasteiger partial charge in [-0.15, -0.1) is 0 Å². The van der Waals surface area contributed by atoms with Gasteiger partial charge in [0.2, 0.25) is 0 Å². The molecule has 0 spiro atoms. The van der Waals surface area contributed by atoms with Gasteiger partial charge in [-0.3, -0.25) is 14.7 Å². The maximum Gasteiger partial charge on any atom is 0.255 e. The Labute approximate surface area is 193 Å². The molecule has 5 saturated heterocycles. The number of ether oxygens (including phenoxy) is 2. The van der Waals surface area contributed by atoms with E-state index in [0.29, 0.717) is 29.0 Å². The van der Waals surface area contributed by atoms with E-state index in [0.717, 1.165) is 36.0 Å². The Kier molecular flexibility index (Phi) is 4.89. The molecular weight excluding hydrogens is 414 g/mol. The van der Waals surface area contributed by atoms with Crippen molar-refractivity contribution < 1.29 is 14.3 Å². The largest absolute Gasteiger partial charge is 0.495 e. The molecule has 1 N–H and O–H groups in total. The van der Waals surface area contributed by atoms with Crippen molar-refractivity contribution in [1.29, 1.82) is 0 Å². The predicted molar refractivity (Wildman–Crippen MR) is 128 cm³/mol. The van der Waals surface area contributed by atoms with E-state index < -0.39 is 0 Å². The number of fused-ring (bicyclic) bond motifs is 3. The highest BCUT2D eigenvalue weighted by Gasteiger charge is 2.58. The fourth-order valence-electron chi connectivity index (χ4n) is 6.23. The van der Waals surface area contributed by atoms with Crippen molar-refractivity contribution in [2.24, 2.45) is 5.92 Å². The van der Waals surface area contributed by atoms with Gasteiger partial charge in [0.1, 0.15) is 5.75 Å². The van der Waals surface area contributed by atoms with Crippen LogP contribution in [-0.4, -0.2) is 47.6 Å². The van der Waals surface area contributed by atoms with Crippen LogP contribution in [0.25, 0.3) is 10.9 Å². The molecule has 1 amide bonds. The zero-order chi connectivity index (χ0) is 22.6. The average molecular weight is 444 g/mol. The second-order valence-corrected chi connectivity index (χ2v) is 9.50. The number of pyridine rings is 1. The minimum atomic E-state index is -0.171. The number of nitrogens with zero attached hydrogens (tertiary/aromatic N) is 2. The summed E-state index contributed by atoms with van der Waals surface area (Å²) in [6, 6.07) is 15.6. The van der Waals surface area contributed by atoms with Crippen molar-refractivity contribution in [1.82, 2.24) is 9.88 Å². The molecule has 1 aromatic heterocycles. The van der Waals surface area contributed by atoms with E-state index in [1.165, 1.54) is 12.8 Å². The van der Waals surface area contributed by atoms with Crippen LogP contribution in [-0.2, 0) is 4.74 Å². The van der Waals surface area contributed by atoms with E-state index >= 15 is 0 Å². The average Bonchev–Trinajstić information content (AvgIpc) is 2.88. The van der Waals surface area contributed by atoms with Crippen LogP contribution < -0.4 is 10.1 Å². The number of amides is 1. The number of rotatable bonds is 5. The number of nitrogens with one attached hydrogen (secondary N) is 1. The van der Waals surface area contributed by atoms with Gasteiger partial charge in [-0.2, -0.15) is 0 Å². The molecule has 6 heteroatoms. The molecule has 5 aliphatic rings. The molecule has 170 valence electrons. The molecule has 0 saturated carbocycles. The molecule has 5 atom stereocenters. The van der Waals surface area contributed by atoms with Crippen LogP contribution >= 0.6 is 0 Å². The first-order valence-electron chi connectivity index (χ1n) is 11.9. The Hall–Kier alpha value is -2.96. The maximum absolute atomic E-state index is 13.1. The number of carbonyl (C=O) groups is 1. The van der Waals surface area contributed by atoms with Gasteiger partial charge in [-0.05, 0) is 73.7 Å². The van der Waals surface area contributed by atoms with Crippen LogP contribution in [0.1, 0.15) is 48.2 Å². The summed E-state index contributed by atoms with van der Waals surface area (Å²) in [6.07, 6.45) is 5.34. The Morgan fingerprint density at radius 1 is 1.27 bits per heavy atom. The topological polar surface area (TPSA) is 63.7 Å². The Bertz CT molecular complexity index is 1230. The summed E-state index contributed by atoms with van der Waals surface area (Å²) in [7, 11) is 1.60. The van der Waals surface area contributed by atoms with Crippen molar-refractivity contribution in [3.05, 3.63) is 65.9 Å². The van der Waals surface area contributed by atoms with E-state index in [2.05, 4.69) is 28.2 Å². The third kappa shape index (κ3) is 3.23. The molecule has 0 aliphatic carbocycles. The molecule has 5 fully saturated rings. The zero-order valence-corrected chi connectivity index (χ0v) is 19.1. The summed E-state index contributed by atoms with van der Waals surface area (Å²) < 4.78 is 12.3. The highest BCUT2D eigenvalue weighted by atomic mass is 16.5. The molecule has 4 bridgehead atoms. The van der Waals surface area contributed by atoms with Crippen LogP contribution in [0.4, 0.5) is 5.69 Å². The first-order chi connectivity index (χ1) is 16.1. The van der Waals surface area contributed by atoms with Crippen molar-refractivity contribution >= 4 is 22.5 Å². The lowest BCUT2D eigenvalue weighted by Crippen LogP contribution is -2.70. The monoisotopic (exact) mass is 443 g/mol. The summed E-state index contributed by atoms with van der Waals surface area (Å²) >= 11 is 0. The van der Waals surface area contributed by atoms with Crippen LogP contribution in [0.3, 0.4) is 0 Å². The lowest BCUT2D eigenvalue weighted by Gasteiger charge is -2.64. The van der Waals surface area contributed by atoms with Crippen LogP contribution in [0.15, 0.2) is 54.7 Å². The molecule has 3 aromatic rings. The lowest BCUT2D eigenvalue weighted by molar-refractivity contribution is -0.274. The fraction of sp³-hybridized carbons (Fsp3) is 0.407. The van der Waals surface area contributed by atoms with E-state index in [1.807, 2.05) is 48.7 Å². The quantitative estimate of drug-likeness (QED) is 0.613. The molecule has 6 nitrogen and oxygen atoms in total. The molecule has 33 heavy (non-hydrogen) atoms. The summed E-state index contributed by atoms with van der Waals surface area (Å²) in [5, 5.41) is 3.97. The fourth-order valence-corrected chi connectivity index (χ4v) is 6.23. The smallest absolute Gasteiger partial charge is 0.255 e. The third-order valence-corrected chi connectivity index (χ3v) is 7.98. The Morgan fingerprint density at radius 2 is 2.15 bits per heavy atom. The molecule has 2 aromatic carbocycles. The van der Waals surface area contributed by atoms with Crippen molar-refractivity contribution in [3.63, 3.8) is 0 Å². The molecular formula is C27H29N3O3. The Balaban J connectivity index is 1.36. The summed E-state index contributed by atoms with van der Waals surface area (Å²) in [5.41, 5.74) is 3.22. The molecule has 6 heterocycles. The van der Waals surface area contributed by atoms with Gasteiger partial charge in [0.15, 0.2) is 0 Å². The van der Waals surface area contributed by atoms with Crippen LogP contribution in [0, 0.1) is 5.92 Å². The molecule has 8 rings (SSSR count). The normalized spacial score (nSPS) is 29.9. The predicted octanol–water partition coefficient (Wildman–Crippen LogP) is 4.81. The molecule has 5 aliphatic heterocycles. The standard InChI is InChI=1S/C27H29N3O3/c1-3-27-16-30-13-11-18(27)15-23(30)25(33-27)19-10-12-28-21-9-8-17(14-20(19)21)26(31)29-22-6-4-5-7-24(22)32-2/h4-10,12,14,18,23,25H,3,11,13,15-16H2,1-2H3,(H,29,31)/t18-,23-,25-,27-/m0/s1. The van der Waals surface area contributed by atoms with Gasteiger partial charge in [-0.25, -0.2) is 0 Å². The van der Waals surface area contributed by atoms with Gasteiger partial charge in [0.25, 0.3) is 5.91 Å². The van der Waals surface area contributed by atoms with Crippen molar-refractivity contribution in [3.8, 4) is 5.75 Å². The van der Waals surface area contributed by atoms with Crippen molar-refractivity contribution in [2.45, 2.75) is 43.9 Å². The highest BCUT2D eigenvalue weighted by Crippen LogP contribution is 2.54. The van der Waals surface area contributed by atoms with Gasteiger partial charge in [0.05, 0.1) is 30.0 Å². The molecule has 0 radical (unpaired) electrons. The van der Waals surface area contributed by atoms with E-state index in [1.54, 1.807) is 7.11 Å². The highest BCUT2D eigenvalue weighted by molar-refractivity contribution is 6.07. The van der Waals surface area contributed by atoms with Gasteiger partial charge < -0.3 is 14.8 Å². The number of hydrogen-bond acceptors (Lipinski definition) is 5. The van der Waals surface area contributed by atoms with Gasteiger partial charge in [0, 0.05) is 29.7 Å². The van der Waals surface area contributed by atoms with E-state index in [-0.39, 0.29) is 17.6 Å². The number of benzene rings is 2. The first kappa shape index (κ1) is 20.6. The minimum Gasteiger partial charge on any atom is -0.495 e. The third-order valence-electron chi connectivity index (χ3n) is 7.98. The maximum atomic E-state index is 13.1. The number of carbonyl (C=O) groups excluding carboxylic acids is 1. The Morgan fingerprint density at radius 3 is 2.94 bits per heavy atom. The first-order valence-corrected chi connectivity index (χ1v) is 11.9. The lowest BCUT2D eigenvalue weighted by atomic mass is 9.66. The second-order valence-electron chi connectivity index (χ2n) is 9.50. The second kappa shape index (κ2) is 7.82. The number of morpholine rings is 1. The van der Waals surface area contributed by atoms with Crippen LogP contribution in [0.2, 0.25) is 0 Å². The number of anilines is 1. The number of aromatic nitrogens is 1. The number of piperidine rings is 3. The minimum absolute atomic E-state index is 0.00767. The molecule has 1 unspecified atom stereocenters. The van der Waals surface area contributed by atoms with E-state index in [9.17, 15) is 4.79 Å². The number of para-hydroxylation sites is 2. The number of methoxy groups -OCH3 is 1. The van der Waals surface area contributed by atoms with Gasteiger partial charge in [-0.1, -0.05) is 19.1 Å². The van der Waals surface area contributed by atoms with Gasteiger partial charge >= 0.3 is 0 Å². The number of hydrogen-bond donors (Lipinski definition) is 1. The summed E-state index contributed by atoms with van der Waals surface area (Å²) in [5.74, 6) is 1.12. The van der Waals surface area contributed by atoms with Crippen LogP contribution in [0.5, 0.6) is 5.75 Å². The SMILES string of the molecule is CC[C@]12CN3CC[C@H]1C[C@H]3[C@H](c1ccnc3ccc(C(=O)Nc4ccccc4OC)cc13)O2. The summed E-state index contributed by atoms with van der Waals surface area (Å²) in [4.78, 5) is 20.3. The summed E-state index contributed by atoms with van der Waals surface area (Å²) in [6.45, 7) is 4.46. The van der Waals surface area contributed by atoms with E-state index in [4.69, 9.17) is 9.47 Å².